The van der Waals surface area contributed by atoms with E-state index in [1.807, 2.05) is 0 Å². The van der Waals surface area contributed by atoms with Gasteiger partial charge >= 0.3 is 12.0 Å². The van der Waals surface area contributed by atoms with Gasteiger partial charge in [-0.2, -0.15) is 0 Å². The van der Waals surface area contributed by atoms with E-state index in [2.05, 4.69) is 12.2 Å². The topological polar surface area (TPSA) is 92.8 Å². The summed E-state index contributed by atoms with van der Waals surface area (Å²) in [7, 11) is 0. The highest BCUT2D eigenvalue weighted by atomic mass is 16.5. The molecule has 4 amide bonds. The van der Waals surface area contributed by atoms with Crippen LogP contribution in [0.5, 0.6) is 0 Å². The Morgan fingerprint density at radius 1 is 1.12 bits per heavy atom. The Morgan fingerprint density at radius 2 is 1.75 bits per heavy atom. The number of carbonyl (C=O) groups excluding carboxylic acids is 4. The first kappa shape index (κ1) is 20.1. The van der Waals surface area contributed by atoms with E-state index in [0.29, 0.717) is 0 Å². The average molecular weight is 340 g/mol. The molecule has 0 bridgehead atoms. The third kappa shape index (κ3) is 5.04. The van der Waals surface area contributed by atoms with E-state index >= 15 is 0 Å². The normalized spacial score (nSPS) is 17.5. The van der Waals surface area contributed by atoms with Crippen molar-refractivity contribution >= 4 is 23.8 Å². The first-order valence-electron chi connectivity index (χ1n) is 8.70. The summed E-state index contributed by atoms with van der Waals surface area (Å²) < 4.78 is 5.28. The average Bonchev–Trinajstić information content (AvgIpc) is 2.52. The van der Waals surface area contributed by atoms with Gasteiger partial charge in [-0.3, -0.25) is 14.9 Å². The standard InChI is InChI=1S/C17H28N2O5/c1-4-6-7-8-9-10-11-24-15(22)17(3,5-2)19-14(21)12-13(20)18-16(19)23/h4-12H2,1-3H3,(H,18,20,23). The molecule has 1 atom stereocenters. The van der Waals surface area contributed by atoms with Gasteiger partial charge in [0.25, 0.3) is 0 Å². The minimum Gasteiger partial charge on any atom is -0.464 e. The highest BCUT2D eigenvalue weighted by molar-refractivity contribution is 6.16. The third-order valence-electron chi connectivity index (χ3n) is 4.36. The summed E-state index contributed by atoms with van der Waals surface area (Å²) in [6.07, 6.45) is 6.18. The molecule has 1 N–H and O–H groups in total. The number of rotatable bonds is 10. The van der Waals surface area contributed by atoms with Crippen LogP contribution in [-0.4, -0.2) is 40.9 Å². The predicted octanol–water partition coefficient (Wildman–Crippen LogP) is 2.53. The van der Waals surface area contributed by atoms with Crippen molar-refractivity contribution in [1.29, 1.82) is 0 Å². The molecule has 0 aromatic rings. The summed E-state index contributed by atoms with van der Waals surface area (Å²) >= 11 is 0. The van der Waals surface area contributed by atoms with Crippen LogP contribution < -0.4 is 5.32 Å². The lowest BCUT2D eigenvalue weighted by atomic mass is 9.95. The highest BCUT2D eigenvalue weighted by Gasteiger charge is 2.48. The molecular formula is C17H28N2O5. The second kappa shape index (κ2) is 9.39. The number of barbiturate groups is 1. The van der Waals surface area contributed by atoms with Gasteiger partial charge in [-0.25, -0.2) is 14.5 Å². The lowest BCUT2D eigenvalue weighted by Gasteiger charge is -2.38. The van der Waals surface area contributed by atoms with Gasteiger partial charge in [0.1, 0.15) is 12.0 Å². The van der Waals surface area contributed by atoms with Gasteiger partial charge in [0.15, 0.2) is 0 Å². The first-order valence-corrected chi connectivity index (χ1v) is 8.70. The SMILES string of the molecule is CCCCCCCCOC(=O)C(C)(CC)N1C(=O)CC(=O)NC1=O. The quantitative estimate of drug-likeness (QED) is 0.375. The van der Waals surface area contributed by atoms with Gasteiger partial charge in [0.2, 0.25) is 11.8 Å². The Bertz CT molecular complexity index is 471. The molecular weight excluding hydrogens is 312 g/mol. The van der Waals surface area contributed by atoms with Crippen LogP contribution in [0.3, 0.4) is 0 Å². The molecule has 1 saturated heterocycles. The Labute approximate surface area is 143 Å². The van der Waals surface area contributed by atoms with Crippen LogP contribution in [0, 0.1) is 0 Å². The predicted molar refractivity (Wildman–Crippen MR) is 88.0 cm³/mol. The first-order chi connectivity index (χ1) is 11.4. The number of esters is 1. The van der Waals surface area contributed by atoms with E-state index in [9.17, 15) is 19.2 Å². The monoisotopic (exact) mass is 340 g/mol. The maximum atomic E-state index is 12.4. The lowest BCUT2D eigenvalue weighted by Crippen LogP contribution is -2.64. The molecule has 0 aromatic heterocycles. The van der Waals surface area contributed by atoms with E-state index in [1.165, 1.54) is 26.2 Å². The number of amides is 4. The zero-order valence-electron chi connectivity index (χ0n) is 14.9. The number of nitrogens with zero attached hydrogens (tertiary/aromatic N) is 1. The minimum absolute atomic E-state index is 0.218. The van der Waals surface area contributed by atoms with Crippen molar-refractivity contribution in [2.24, 2.45) is 0 Å². The Kier molecular flexibility index (Phi) is 7.88. The molecule has 0 spiro atoms. The summed E-state index contributed by atoms with van der Waals surface area (Å²) in [6.45, 7) is 5.61. The van der Waals surface area contributed by atoms with Gasteiger partial charge < -0.3 is 4.74 Å². The molecule has 1 aliphatic heterocycles. The molecule has 1 heterocycles. The van der Waals surface area contributed by atoms with Crippen LogP contribution in [0.4, 0.5) is 4.79 Å². The smallest absolute Gasteiger partial charge is 0.332 e. The number of carbonyl (C=O) groups is 4. The van der Waals surface area contributed by atoms with Crippen molar-refractivity contribution < 1.29 is 23.9 Å². The number of hydrogen-bond donors (Lipinski definition) is 1. The largest absolute Gasteiger partial charge is 0.464 e. The number of ether oxygens (including phenoxy) is 1. The molecule has 136 valence electrons. The van der Waals surface area contributed by atoms with Crippen LogP contribution in [0.25, 0.3) is 0 Å². The molecule has 0 saturated carbocycles. The fourth-order valence-corrected chi connectivity index (χ4v) is 2.64. The number of urea groups is 1. The summed E-state index contributed by atoms with van der Waals surface area (Å²) in [5.41, 5.74) is -1.40. The molecule has 7 nitrogen and oxygen atoms in total. The molecule has 1 rings (SSSR count). The zero-order chi connectivity index (χ0) is 18.2. The molecule has 24 heavy (non-hydrogen) atoms. The van der Waals surface area contributed by atoms with Crippen molar-refractivity contribution in [2.45, 2.75) is 77.7 Å². The molecule has 7 heteroatoms. The summed E-state index contributed by atoms with van der Waals surface area (Å²) in [5.74, 6) is -1.94. The fourth-order valence-electron chi connectivity index (χ4n) is 2.64. The number of unbranched alkanes of at least 4 members (excludes halogenated alkanes) is 5. The van der Waals surface area contributed by atoms with E-state index in [-0.39, 0.29) is 13.0 Å². The van der Waals surface area contributed by atoms with Crippen molar-refractivity contribution in [3.63, 3.8) is 0 Å². The molecule has 1 fully saturated rings. The zero-order valence-corrected chi connectivity index (χ0v) is 14.9. The van der Waals surface area contributed by atoms with Gasteiger partial charge in [0.05, 0.1) is 6.61 Å². The lowest BCUT2D eigenvalue weighted by molar-refractivity contribution is -0.162. The van der Waals surface area contributed by atoms with Gasteiger partial charge in [-0.1, -0.05) is 46.0 Å². The second-order valence-electron chi connectivity index (χ2n) is 6.29. The van der Waals surface area contributed by atoms with Gasteiger partial charge in [0, 0.05) is 0 Å². The summed E-state index contributed by atoms with van der Waals surface area (Å²) in [5, 5.41) is 2.07. The van der Waals surface area contributed by atoms with Crippen molar-refractivity contribution in [3.8, 4) is 0 Å². The van der Waals surface area contributed by atoms with Crippen LogP contribution in [-0.2, 0) is 19.1 Å². The third-order valence-corrected chi connectivity index (χ3v) is 4.36. The molecule has 0 aromatic carbocycles. The van der Waals surface area contributed by atoms with E-state index in [4.69, 9.17) is 4.74 Å². The molecule has 0 radical (unpaired) electrons. The Morgan fingerprint density at radius 3 is 2.33 bits per heavy atom. The number of imide groups is 2. The van der Waals surface area contributed by atoms with Crippen molar-refractivity contribution in [1.82, 2.24) is 10.2 Å². The second-order valence-corrected chi connectivity index (χ2v) is 6.29. The Hall–Kier alpha value is -1.92. The summed E-state index contributed by atoms with van der Waals surface area (Å²) in [4.78, 5) is 48.5. The summed E-state index contributed by atoms with van der Waals surface area (Å²) in [6, 6.07) is -0.864. The molecule has 1 unspecified atom stereocenters. The Balaban J connectivity index is 2.56. The highest BCUT2D eigenvalue weighted by Crippen LogP contribution is 2.24. The molecule has 0 aliphatic carbocycles. The van der Waals surface area contributed by atoms with E-state index in [0.717, 1.165) is 24.2 Å². The number of hydrogen-bond acceptors (Lipinski definition) is 5. The van der Waals surface area contributed by atoms with Gasteiger partial charge in [-0.15, -0.1) is 0 Å². The van der Waals surface area contributed by atoms with Crippen LogP contribution in [0.2, 0.25) is 0 Å². The maximum Gasteiger partial charge on any atom is 0.332 e. The van der Waals surface area contributed by atoms with Crippen molar-refractivity contribution in [2.75, 3.05) is 6.61 Å². The maximum absolute atomic E-state index is 12.4. The number of nitrogens with one attached hydrogen (secondary N) is 1. The van der Waals surface area contributed by atoms with Crippen molar-refractivity contribution in [3.05, 3.63) is 0 Å². The fraction of sp³-hybridized carbons (Fsp3) is 0.765. The van der Waals surface area contributed by atoms with E-state index < -0.39 is 35.8 Å². The van der Waals surface area contributed by atoms with Crippen LogP contribution in [0.1, 0.15) is 72.1 Å². The minimum atomic E-state index is -1.40. The van der Waals surface area contributed by atoms with Gasteiger partial charge in [-0.05, 0) is 19.8 Å². The van der Waals surface area contributed by atoms with Crippen LogP contribution in [0.15, 0.2) is 0 Å². The van der Waals surface area contributed by atoms with E-state index in [1.54, 1.807) is 6.92 Å². The molecule has 1 aliphatic rings. The van der Waals surface area contributed by atoms with Crippen LogP contribution >= 0.6 is 0 Å².